The standard InChI is InChI=1S/C16H28O/c1-3-4-5-6-7-8-9-10-11-13-16(2)14-12-15-17/h15-16H,3-8,11-14H2,1-2H3/t16-/m0/s1. The summed E-state index contributed by atoms with van der Waals surface area (Å²) < 4.78 is 0. The summed E-state index contributed by atoms with van der Waals surface area (Å²) in [5, 5.41) is 0. The third-order valence-corrected chi connectivity index (χ3v) is 3.07. The normalized spacial score (nSPS) is 11.6. The Bertz CT molecular complexity index is 221. The summed E-state index contributed by atoms with van der Waals surface area (Å²) in [6, 6.07) is 0. The largest absolute Gasteiger partial charge is 0.303 e. The molecule has 1 atom stereocenters. The highest BCUT2D eigenvalue weighted by Gasteiger charge is 1.99. The van der Waals surface area contributed by atoms with E-state index < -0.39 is 0 Å². The lowest BCUT2D eigenvalue weighted by atomic mass is 10.0. The number of hydrogen-bond donors (Lipinski definition) is 0. The van der Waals surface area contributed by atoms with E-state index >= 15 is 0 Å². The van der Waals surface area contributed by atoms with E-state index in [1.54, 1.807) is 0 Å². The summed E-state index contributed by atoms with van der Waals surface area (Å²) in [6.07, 6.45) is 12.5. The minimum Gasteiger partial charge on any atom is -0.303 e. The van der Waals surface area contributed by atoms with Crippen molar-refractivity contribution in [3.05, 3.63) is 0 Å². The molecule has 0 aliphatic heterocycles. The summed E-state index contributed by atoms with van der Waals surface area (Å²) in [5.41, 5.74) is 0. The Kier molecular flexibility index (Phi) is 12.7. The molecule has 17 heavy (non-hydrogen) atoms. The fourth-order valence-electron chi connectivity index (χ4n) is 1.81. The molecule has 0 N–H and O–H groups in total. The molecule has 0 aromatic rings. The molecule has 1 heteroatoms. The fourth-order valence-corrected chi connectivity index (χ4v) is 1.81. The van der Waals surface area contributed by atoms with E-state index in [-0.39, 0.29) is 0 Å². The van der Waals surface area contributed by atoms with Gasteiger partial charge in [-0.3, -0.25) is 0 Å². The first-order valence-electron chi connectivity index (χ1n) is 7.20. The monoisotopic (exact) mass is 236 g/mol. The minimum atomic E-state index is 0.638. The highest BCUT2D eigenvalue weighted by Crippen LogP contribution is 2.11. The maximum Gasteiger partial charge on any atom is 0.120 e. The number of carbonyl (C=O) groups is 1. The molecule has 98 valence electrons. The van der Waals surface area contributed by atoms with Crippen molar-refractivity contribution < 1.29 is 4.79 Å². The van der Waals surface area contributed by atoms with Crippen LogP contribution in [0.4, 0.5) is 0 Å². The lowest BCUT2D eigenvalue weighted by Gasteiger charge is -2.05. The summed E-state index contributed by atoms with van der Waals surface area (Å²) in [4.78, 5) is 10.2. The smallest absolute Gasteiger partial charge is 0.120 e. The van der Waals surface area contributed by atoms with Gasteiger partial charge in [-0.1, -0.05) is 39.5 Å². The van der Waals surface area contributed by atoms with E-state index in [0.29, 0.717) is 12.3 Å². The van der Waals surface area contributed by atoms with Crippen LogP contribution < -0.4 is 0 Å². The first kappa shape index (κ1) is 16.2. The van der Waals surface area contributed by atoms with Gasteiger partial charge in [-0.25, -0.2) is 0 Å². The minimum absolute atomic E-state index is 0.638. The molecule has 0 aliphatic rings. The quantitative estimate of drug-likeness (QED) is 0.304. The third-order valence-electron chi connectivity index (χ3n) is 3.07. The molecule has 0 aliphatic carbocycles. The average molecular weight is 236 g/mol. The lowest BCUT2D eigenvalue weighted by molar-refractivity contribution is -0.108. The van der Waals surface area contributed by atoms with Gasteiger partial charge in [-0.05, 0) is 25.2 Å². The molecule has 0 saturated heterocycles. The Morgan fingerprint density at radius 3 is 2.41 bits per heavy atom. The van der Waals surface area contributed by atoms with Crippen LogP contribution in [0.5, 0.6) is 0 Å². The van der Waals surface area contributed by atoms with Gasteiger partial charge >= 0.3 is 0 Å². The van der Waals surface area contributed by atoms with Crippen molar-refractivity contribution in [3.63, 3.8) is 0 Å². The van der Waals surface area contributed by atoms with Crippen molar-refractivity contribution in [1.29, 1.82) is 0 Å². The molecule has 0 bridgehead atoms. The zero-order valence-corrected chi connectivity index (χ0v) is 11.6. The second-order valence-corrected chi connectivity index (χ2v) is 4.91. The number of hydrogen-bond acceptors (Lipinski definition) is 1. The molecule has 0 spiro atoms. The first-order chi connectivity index (χ1) is 8.31. The van der Waals surface area contributed by atoms with Gasteiger partial charge in [0.15, 0.2) is 0 Å². The predicted octanol–water partition coefficient (Wildman–Crippen LogP) is 4.75. The molecule has 0 unspecified atom stereocenters. The second kappa shape index (κ2) is 13.3. The van der Waals surface area contributed by atoms with Gasteiger partial charge in [0.25, 0.3) is 0 Å². The Labute approximate surface area is 107 Å². The van der Waals surface area contributed by atoms with Gasteiger partial charge in [0, 0.05) is 19.3 Å². The van der Waals surface area contributed by atoms with E-state index in [4.69, 9.17) is 0 Å². The van der Waals surface area contributed by atoms with Crippen molar-refractivity contribution >= 4 is 6.29 Å². The van der Waals surface area contributed by atoms with Crippen molar-refractivity contribution in [2.24, 2.45) is 5.92 Å². The molecule has 0 radical (unpaired) electrons. The molecule has 1 nitrogen and oxygen atoms in total. The highest BCUT2D eigenvalue weighted by atomic mass is 16.1. The van der Waals surface area contributed by atoms with Crippen LogP contribution in [0.2, 0.25) is 0 Å². The SMILES string of the molecule is CCCCCCCC#CCC[C@H](C)CCC=O. The Morgan fingerprint density at radius 2 is 1.71 bits per heavy atom. The number of aldehydes is 1. The van der Waals surface area contributed by atoms with Gasteiger partial charge in [0.1, 0.15) is 6.29 Å². The van der Waals surface area contributed by atoms with Gasteiger partial charge < -0.3 is 4.79 Å². The topological polar surface area (TPSA) is 17.1 Å². The van der Waals surface area contributed by atoms with E-state index in [0.717, 1.165) is 32.0 Å². The van der Waals surface area contributed by atoms with E-state index in [9.17, 15) is 4.79 Å². The molecule has 0 fully saturated rings. The zero-order valence-electron chi connectivity index (χ0n) is 11.6. The first-order valence-corrected chi connectivity index (χ1v) is 7.20. The third kappa shape index (κ3) is 13.2. The average Bonchev–Trinajstić information content (AvgIpc) is 2.34. The Morgan fingerprint density at radius 1 is 1.00 bits per heavy atom. The van der Waals surface area contributed by atoms with Crippen LogP contribution >= 0.6 is 0 Å². The van der Waals surface area contributed by atoms with Crippen LogP contribution in [0, 0.1) is 17.8 Å². The molecule has 0 aromatic carbocycles. The molecular formula is C16H28O. The van der Waals surface area contributed by atoms with Crippen molar-refractivity contribution in [2.75, 3.05) is 0 Å². The van der Waals surface area contributed by atoms with Crippen LogP contribution in [-0.4, -0.2) is 6.29 Å². The molecule has 0 aromatic heterocycles. The predicted molar refractivity (Wildman–Crippen MR) is 74.8 cm³/mol. The van der Waals surface area contributed by atoms with Crippen LogP contribution in [0.15, 0.2) is 0 Å². The highest BCUT2D eigenvalue weighted by molar-refractivity contribution is 5.49. The fraction of sp³-hybridized carbons (Fsp3) is 0.812. The maximum absolute atomic E-state index is 10.2. The molecule has 0 heterocycles. The van der Waals surface area contributed by atoms with Gasteiger partial charge in [-0.2, -0.15) is 0 Å². The van der Waals surface area contributed by atoms with Crippen LogP contribution in [0.1, 0.15) is 78.1 Å². The second-order valence-electron chi connectivity index (χ2n) is 4.91. The molecule has 0 rings (SSSR count). The molecule has 0 saturated carbocycles. The number of rotatable bonds is 10. The summed E-state index contributed by atoms with van der Waals surface area (Å²) >= 11 is 0. The Balaban J connectivity index is 3.27. The summed E-state index contributed by atoms with van der Waals surface area (Å²) in [7, 11) is 0. The van der Waals surface area contributed by atoms with Crippen LogP contribution in [0.3, 0.4) is 0 Å². The van der Waals surface area contributed by atoms with Crippen molar-refractivity contribution in [1.82, 2.24) is 0 Å². The van der Waals surface area contributed by atoms with E-state index in [1.807, 2.05) is 0 Å². The van der Waals surface area contributed by atoms with Crippen LogP contribution in [0.25, 0.3) is 0 Å². The number of carbonyl (C=O) groups excluding carboxylic acids is 1. The van der Waals surface area contributed by atoms with Gasteiger partial charge in [0.2, 0.25) is 0 Å². The Hall–Kier alpha value is -0.770. The van der Waals surface area contributed by atoms with Crippen LogP contribution in [-0.2, 0) is 4.79 Å². The van der Waals surface area contributed by atoms with Crippen molar-refractivity contribution in [3.8, 4) is 11.8 Å². The van der Waals surface area contributed by atoms with Gasteiger partial charge in [0.05, 0.1) is 0 Å². The van der Waals surface area contributed by atoms with E-state index in [1.165, 1.54) is 32.1 Å². The van der Waals surface area contributed by atoms with E-state index in [2.05, 4.69) is 25.7 Å². The molecule has 0 amide bonds. The zero-order chi connectivity index (χ0) is 12.8. The summed E-state index contributed by atoms with van der Waals surface area (Å²) in [5.74, 6) is 7.14. The van der Waals surface area contributed by atoms with Gasteiger partial charge in [-0.15, -0.1) is 11.8 Å². The molecular weight excluding hydrogens is 208 g/mol. The number of unbranched alkanes of at least 4 members (excludes halogenated alkanes) is 5. The van der Waals surface area contributed by atoms with Crippen molar-refractivity contribution in [2.45, 2.75) is 78.1 Å². The maximum atomic E-state index is 10.2. The lowest BCUT2D eigenvalue weighted by Crippen LogP contribution is -1.94. The summed E-state index contributed by atoms with van der Waals surface area (Å²) in [6.45, 7) is 4.45.